The minimum atomic E-state index is -0.0915. The van der Waals surface area contributed by atoms with Gasteiger partial charge in [0, 0.05) is 9.13 Å². The van der Waals surface area contributed by atoms with Gasteiger partial charge >= 0.3 is 0 Å². The number of halogens is 2. The van der Waals surface area contributed by atoms with Crippen LogP contribution in [0.3, 0.4) is 0 Å². The van der Waals surface area contributed by atoms with E-state index in [9.17, 15) is 4.79 Å². The van der Waals surface area contributed by atoms with Crippen molar-refractivity contribution >= 4 is 44.3 Å². The maximum Gasteiger partial charge on any atom is 0.196 e. The van der Waals surface area contributed by atoms with Crippen molar-refractivity contribution < 1.29 is 14.3 Å². The molecule has 0 aliphatic carbocycles. The van der Waals surface area contributed by atoms with E-state index in [2.05, 4.69) is 38.5 Å². The number of benzene rings is 2. The van der Waals surface area contributed by atoms with Gasteiger partial charge < -0.3 is 9.47 Å². The highest BCUT2D eigenvalue weighted by atomic mass is 127. The van der Waals surface area contributed by atoms with Crippen molar-refractivity contribution in [2.24, 2.45) is 0 Å². The average molecular weight is 447 g/mol. The van der Waals surface area contributed by atoms with Crippen molar-refractivity contribution in [3.8, 4) is 11.5 Å². The number of hydrogen-bond acceptors (Lipinski definition) is 3. The van der Waals surface area contributed by atoms with Crippen LogP contribution in [0, 0.1) is 3.57 Å². The minimum absolute atomic E-state index is 0.0915. The average Bonchev–Trinajstić information content (AvgIpc) is 2.46. The third kappa shape index (κ3) is 3.15. The number of carbonyl (C=O) groups excluding carboxylic acids is 1. The lowest BCUT2D eigenvalue weighted by Crippen LogP contribution is -2.05. The van der Waals surface area contributed by atoms with E-state index in [-0.39, 0.29) is 5.78 Å². The van der Waals surface area contributed by atoms with Gasteiger partial charge in [0.15, 0.2) is 5.78 Å². The van der Waals surface area contributed by atoms with Gasteiger partial charge in [-0.05, 0) is 62.8 Å². The van der Waals surface area contributed by atoms with Crippen molar-refractivity contribution in [3.05, 3.63) is 55.6 Å². The Balaban J connectivity index is 2.53. The first kappa shape index (κ1) is 15.3. The fraction of sp³-hybridized carbons (Fsp3) is 0.133. The number of ketones is 1. The summed E-state index contributed by atoms with van der Waals surface area (Å²) in [5.74, 6) is 1.02. The van der Waals surface area contributed by atoms with Gasteiger partial charge in [-0.25, -0.2) is 0 Å². The lowest BCUT2D eigenvalue weighted by Gasteiger charge is -2.11. The molecule has 0 N–H and O–H groups in total. The van der Waals surface area contributed by atoms with Gasteiger partial charge in [0.2, 0.25) is 0 Å². The van der Waals surface area contributed by atoms with Gasteiger partial charge in [0.25, 0.3) is 0 Å². The van der Waals surface area contributed by atoms with Crippen LogP contribution < -0.4 is 9.47 Å². The summed E-state index contributed by atoms with van der Waals surface area (Å²) in [6, 6.07) is 10.9. The van der Waals surface area contributed by atoms with E-state index in [1.54, 1.807) is 32.4 Å². The van der Waals surface area contributed by atoms with E-state index in [1.165, 1.54) is 0 Å². The molecule has 0 heterocycles. The van der Waals surface area contributed by atoms with Crippen LogP contribution in [0.2, 0.25) is 0 Å². The van der Waals surface area contributed by atoms with Gasteiger partial charge in [-0.15, -0.1) is 0 Å². The Morgan fingerprint density at radius 3 is 2.40 bits per heavy atom. The first-order valence-corrected chi connectivity index (χ1v) is 7.65. The van der Waals surface area contributed by atoms with Crippen LogP contribution in [0.4, 0.5) is 0 Å². The van der Waals surface area contributed by atoms with E-state index in [4.69, 9.17) is 9.47 Å². The van der Waals surface area contributed by atoms with Gasteiger partial charge in [-0.2, -0.15) is 0 Å². The Bertz CT molecular complexity index is 656. The first-order valence-electron chi connectivity index (χ1n) is 5.78. The van der Waals surface area contributed by atoms with Gasteiger partial charge in [0.05, 0.1) is 24.3 Å². The van der Waals surface area contributed by atoms with Crippen LogP contribution in [0.1, 0.15) is 15.9 Å². The van der Waals surface area contributed by atoms with Crippen LogP contribution in [-0.4, -0.2) is 20.0 Å². The second-order valence-electron chi connectivity index (χ2n) is 4.03. The lowest BCUT2D eigenvalue weighted by molar-refractivity contribution is 0.103. The van der Waals surface area contributed by atoms with Crippen LogP contribution >= 0.6 is 38.5 Å². The molecule has 0 aliphatic rings. The summed E-state index contributed by atoms with van der Waals surface area (Å²) in [6.07, 6.45) is 0. The van der Waals surface area contributed by atoms with Gasteiger partial charge in [0.1, 0.15) is 11.5 Å². The quantitative estimate of drug-likeness (QED) is 0.518. The van der Waals surface area contributed by atoms with Crippen molar-refractivity contribution in [3.63, 3.8) is 0 Å². The van der Waals surface area contributed by atoms with Crippen LogP contribution in [0.5, 0.6) is 11.5 Å². The first-order chi connectivity index (χ1) is 9.56. The third-order valence-electron chi connectivity index (χ3n) is 2.81. The van der Waals surface area contributed by atoms with E-state index in [0.717, 1.165) is 8.04 Å². The zero-order chi connectivity index (χ0) is 14.7. The van der Waals surface area contributed by atoms with Crippen molar-refractivity contribution in [1.29, 1.82) is 0 Å². The largest absolute Gasteiger partial charge is 0.496 e. The Labute approximate surface area is 139 Å². The molecule has 0 bridgehead atoms. The maximum absolute atomic E-state index is 12.6. The van der Waals surface area contributed by atoms with Crippen LogP contribution in [0.25, 0.3) is 0 Å². The summed E-state index contributed by atoms with van der Waals surface area (Å²) < 4.78 is 12.3. The Morgan fingerprint density at radius 2 is 1.80 bits per heavy atom. The molecule has 104 valence electrons. The zero-order valence-electron chi connectivity index (χ0n) is 10.9. The molecule has 0 atom stereocenters. The smallest absolute Gasteiger partial charge is 0.196 e. The maximum atomic E-state index is 12.6. The van der Waals surface area contributed by atoms with Gasteiger partial charge in [-0.3, -0.25) is 4.79 Å². The Morgan fingerprint density at radius 1 is 1.10 bits per heavy atom. The van der Waals surface area contributed by atoms with E-state index in [0.29, 0.717) is 22.6 Å². The number of methoxy groups -OCH3 is 2. The monoisotopic (exact) mass is 446 g/mol. The lowest BCUT2D eigenvalue weighted by atomic mass is 10.0. The van der Waals surface area contributed by atoms with E-state index >= 15 is 0 Å². The summed E-state index contributed by atoms with van der Waals surface area (Å²) in [4.78, 5) is 12.6. The topological polar surface area (TPSA) is 35.5 Å². The third-order valence-corrected chi connectivity index (χ3v) is 4.10. The highest BCUT2D eigenvalue weighted by Gasteiger charge is 2.18. The molecule has 0 spiro atoms. The summed E-state index contributed by atoms with van der Waals surface area (Å²) in [7, 11) is 3.10. The highest BCUT2D eigenvalue weighted by Crippen LogP contribution is 2.34. The number of hydrogen-bond donors (Lipinski definition) is 0. The zero-order valence-corrected chi connectivity index (χ0v) is 14.7. The molecule has 2 aromatic carbocycles. The molecule has 20 heavy (non-hydrogen) atoms. The second kappa shape index (κ2) is 6.58. The Kier molecular flexibility index (Phi) is 5.04. The molecule has 0 saturated heterocycles. The predicted molar refractivity (Wildman–Crippen MR) is 89.8 cm³/mol. The van der Waals surface area contributed by atoms with Crippen molar-refractivity contribution in [1.82, 2.24) is 0 Å². The summed E-state index contributed by atoms with van der Waals surface area (Å²) >= 11 is 5.56. The molecule has 0 unspecified atom stereocenters. The molecular formula is C15H12BrIO3. The number of rotatable bonds is 4. The fourth-order valence-electron chi connectivity index (χ4n) is 1.82. The molecule has 0 saturated carbocycles. The molecule has 0 aliphatic heterocycles. The predicted octanol–water partition coefficient (Wildman–Crippen LogP) is 4.30. The summed E-state index contributed by atoms with van der Waals surface area (Å²) in [5, 5.41) is 0. The molecule has 3 nitrogen and oxygen atoms in total. The summed E-state index contributed by atoms with van der Waals surface area (Å²) in [5.41, 5.74) is 1.11. The fourth-order valence-corrected chi connectivity index (χ4v) is 2.85. The summed E-state index contributed by atoms with van der Waals surface area (Å²) in [6.45, 7) is 0. The normalized spacial score (nSPS) is 10.2. The second-order valence-corrected chi connectivity index (χ2v) is 6.13. The van der Waals surface area contributed by atoms with Gasteiger partial charge in [-0.1, -0.05) is 12.1 Å². The molecule has 0 amide bonds. The standard InChI is InChI=1S/C15H12BrIO3/c1-19-13-8-12(16)14(20-2)7-11(13)15(18)9-4-3-5-10(17)6-9/h3-8H,1-2H3. The Hall–Kier alpha value is -1.08. The molecule has 0 fully saturated rings. The van der Waals surface area contributed by atoms with Crippen LogP contribution in [-0.2, 0) is 0 Å². The molecule has 0 radical (unpaired) electrons. The minimum Gasteiger partial charge on any atom is -0.496 e. The number of ether oxygens (including phenoxy) is 2. The van der Waals surface area contributed by atoms with Crippen molar-refractivity contribution in [2.75, 3.05) is 14.2 Å². The van der Waals surface area contributed by atoms with E-state index in [1.807, 2.05) is 18.2 Å². The molecule has 2 rings (SSSR count). The molecule has 0 aromatic heterocycles. The molecule has 5 heteroatoms. The van der Waals surface area contributed by atoms with Crippen molar-refractivity contribution in [2.45, 2.75) is 0 Å². The highest BCUT2D eigenvalue weighted by molar-refractivity contribution is 14.1. The van der Waals surface area contributed by atoms with Crippen LogP contribution in [0.15, 0.2) is 40.9 Å². The SMILES string of the molecule is COc1cc(C(=O)c2cccc(I)c2)c(OC)cc1Br. The molecular weight excluding hydrogens is 435 g/mol. The van der Waals surface area contributed by atoms with E-state index < -0.39 is 0 Å². The molecule has 2 aromatic rings. The number of carbonyl (C=O) groups is 1.